The fourth-order valence-electron chi connectivity index (χ4n) is 2.05. The smallest absolute Gasteiger partial charge is 0.0288 e. The monoisotopic (exact) mass is 271 g/mol. The Hall–Kier alpha value is -0.120. The third kappa shape index (κ3) is 14.1. The van der Waals surface area contributed by atoms with Crippen LogP contribution in [0.15, 0.2) is 0 Å². The Morgan fingerprint density at radius 3 is 1.58 bits per heavy atom. The van der Waals surface area contributed by atoms with Gasteiger partial charge in [-0.2, -0.15) is 5.12 Å². The lowest BCUT2D eigenvalue weighted by molar-refractivity contribution is 0.109. The zero-order valence-corrected chi connectivity index (χ0v) is 13.6. The van der Waals surface area contributed by atoms with Gasteiger partial charge in [0.1, 0.15) is 0 Å². The zero-order valence-electron chi connectivity index (χ0n) is 13.6. The zero-order chi connectivity index (χ0) is 14.2. The molecule has 0 fully saturated rings. The van der Waals surface area contributed by atoms with E-state index in [1.807, 2.05) is 0 Å². The quantitative estimate of drug-likeness (QED) is 0.344. The van der Waals surface area contributed by atoms with E-state index >= 15 is 0 Å². The molecule has 0 aliphatic heterocycles. The predicted octanol–water partition coefficient (Wildman–Crippen LogP) is 4.26. The van der Waals surface area contributed by atoms with E-state index < -0.39 is 0 Å². The minimum atomic E-state index is 1.09. The van der Waals surface area contributed by atoms with Crippen LogP contribution in [0.25, 0.3) is 0 Å². The van der Waals surface area contributed by atoms with Crippen LogP contribution >= 0.6 is 0 Å². The highest BCUT2D eigenvalue weighted by Gasteiger charge is 2.02. The Labute approximate surface area is 121 Å². The molecule has 3 nitrogen and oxygen atoms in total. The third-order valence-electron chi connectivity index (χ3n) is 3.40. The van der Waals surface area contributed by atoms with Crippen molar-refractivity contribution < 1.29 is 0 Å². The molecule has 0 bridgehead atoms. The van der Waals surface area contributed by atoms with Crippen molar-refractivity contribution >= 4 is 0 Å². The van der Waals surface area contributed by atoms with E-state index in [0.717, 1.165) is 19.6 Å². The molecule has 0 aliphatic rings. The van der Waals surface area contributed by atoms with Crippen LogP contribution in [0.5, 0.6) is 0 Å². The summed E-state index contributed by atoms with van der Waals surface area (Å²) in [6.07, 6.45) is 13.2. The van der Waals surface area contributed by atoms with Gasteiger partial charge in [0.2, 0.25) is 0 Å². The van der Waals surface area contributed by atoms with E-state index in [1.54, 1.807) is 0 Å². The SMILES string of the molecule is CCCCCCCCN(NCCCC)NCCCC. The molecule has 0 aliphatic carbocycles. The highest BCUT2D eigenvalue weighted by atomic mass is 15.7. The summed E-state index contributed by atoms with van der Waals surface area (Å²) >= 11 is 0. The number of unbranched alkanes of at least 4 members (excludes halogenated alkanes) is 7. The van der Waals surface area contributed by atoms with Gasteiger partial charge in [0.15, 0.2) is 0 Å². The van der Waals surface area contributed by atoms with E-state index in [9.17, 15) is 0 Å². The summed E-state index contributed by atoms with van der Waals surface area (Å²) in [6, 6.07) is 0. The summed E-state index contributed by atoms with van der Waals surface area (Å²) in [7, 11) is 0. The molecule has 3 heteroatoms. The summed E-state index contributed by atoms with van der Waals surface area (Å²) in [6.45, 7) is 10.1. The van der Waals surface area contributed by atoms with Crippen LogP contribution in [0.4, 0.5) is 0 Å². The average molecular weight is 271 g/mol. The van der Waals surface area contributed by atoms with Crippen molar-refractivity contribution in [3.05, 3.63) is 0 Å². The van der Waals surface area contributed by atoms with Crippen LogP contribution in [0, 0.1) is 0 Å². The Morgan fingerprint density at radius 1 is 0.579 bits per heavy atom. The van der Waals surface area contributed by atoms with Gasteiger partial charge in [0, 0.05) is 19.6 Å². The van der Waals surface area contributed by atoms with Gasteiger partial charge in [0.05, 0.1) is 0 Å². The van der Waals surface area contributed by atoms with Crippen LogP contribution in [-0.4, -0.2) is 24.8 Å². The van der Waals surface area contributed by atoms with Crippen molar-refractivity contribution in [3.8, 4) is 0 Å². The summed E-state index contributed by atoms with van der Waals surface area (Å²) in [5.74, 6) is 0. The highest BCUT2D eigenvalue weighted by Crippen LogP contribution is 2.05. The minimum Gasteiger partial charge on any atom is -0.242 e. The van der Waals surface area contributed by atoms with Crippen LogP contribution in [0.2, 0.25) is 0 Å². The lowest BCUT2D eigenvalue weighted by atomic mass is 10.1. The van der Waals surface area contributed by atoms with Gasteiger partial charge < -0.3 is 0 Å². The minimum absolute atomic E-state index is 1.09. The normalized spacial score (nSPS) is 11.4. The molecule has 0 saturated carbocycles. The molecule has 19 heavy (non-hydrogen) atoms. The second-order valence-corrected chi connectivity index (χ2v) is 5.44. The molecule has 0 heterocycles. The standard InChI is InChI=1S/C16H37N3/c1-4-7-10-11-12-13-16-19(17-14-8-5-2)18-15-9-6-3/h17-18H,4-16H2,1-3H3. The molecule has 0 spiro atoms. The average Bonchev–Trinajstić information content (AvgIpc) is 2.42. The lowest BCUT2D eigenvalue weighted by Gasteiger charge is -2.24. The van der Waals surface area contributed by atoms with Gasteiger partial charge in [0.25, 0.3) is 0 Å². The highest BCUT2D eigenvalue weighted by molar-refractivity contribution is 4.51. The van der Waals surface area contributed by atoms with Gasteiger partial charge in [-0.1, -0.05) is 65.7 Å². The van der Waals surface area contributed by atoms with Gasteiger partial charge in [-0.15, -0.1) is 0 Å². The Bertz CT molecular complexity index is 152. The third-order valence-corrected chi connectivity index (χ3v) is 3.40. The van der Waals surface area contributed by atoms with E-state index in [2.05, 4.69) is 36.7 Å². The Kier molecular flexibility index (Phi) is 15.8. The molecule has 0 atom stereocenters. The van der Waals surface area contributed by atoms with Crippen molar-refractivity contribution in [3.63, 3.8) is 0 Å². The van der Waals surface area contributed by atoms with Crippen LogP contribution in [0.3, 0.4) is 0 Å². The van der Waals surface area contributed by atoms with Gasteiger partial charge in [-0.25, -0.2) is 10.9 Å². The topological polar surface area (TPSA) is 27.3 Å². The molecule has 0 rings (SSSR count). The number of rotatable bonds is 15. The molecule has 116 valence electrons. The predicted molar refractivity (Wildman–Crippen MR) is 85.9 cm³/mol. The summed E-state index contributed by atoms with van der Waals surface area (Å²) in [4.78, 5) is 0. The molecular weight excluding hydrogens is 234 g/mol. The second kappa shape index (κ2) is 15.9. The summed E-state index contributed by atoms with van der Waals surface area (Å²) < 4.78 is 0. The number of hydrogen-bond donors (Lipinski definition) is 2. The first-order valence-corrected chi connectivity index (χ1v) is 8.59. The molecule has 0 aromatic rings. The number of hydrogen-bond acceptors (Lipinski definition) is 3. The fourth-order valence-corrected chi connectivity index (χ4v) is 2.05. The maximum Gasteiger partial charge on any atom is 0.0288 e. The van der Waals surface area contributed by atoms with Crippen LogP contribution < -0.4 is 10.9 Å². The number of nitrogens with zero attached hydrogens (tertiary/aromatic N) is 1. The number of nitrogens with one attached hydrogen (secondary N) is 2. The molecule has 0 amide bonds. The van der Waals surface area contributed by atoms with Gasteiger partial charge in [-0.3, -0.25) is 0 Å². The maximum absolute atomic E-state index is 3.50. The first-order chi connectivity index (χ1) is 9.35. The van der Waals surface area contributed by atoms with Crippen LogP contribution in [-0.2, 0) is 0 Å². The summed E-state index contributed by atoms with van der Waals surface area (Å²) in [5, 5.41) is 2.23. The molecule has 0 unspecified atom stereocenters. The van der Waals surface area contributed by atoms with Crippen molar-refractivity contribution in [2.24, 2.45) is 0 Å². The molecule has 0 saturated heterocycles. The molecule has 0 radical (unpaired) electrons. The second-order valence-electron chi connectivity index (χ2n) is 5.44. The first-order valence-electron chi connectivity index (χ1n) is 8.59. The van der Waals surface area contributed by atoms with E-state index in [4.69, 9.17) is 0 Å². The van der Waals surface area contributed by atoms with Gasteiger partial charge in [-0.05, 0) is 19.3 Å². The molecule has 2 N–H and O–H groups in total. The van der Waals surface area contributed by atoms with E-state index in [0.29, 0.717) is 0 Å². The molecular formula is C16H37N3. The fraction of sp³-hybridized carbons (Fsp3) is 1.00. The largest absolute Gasteiger partial charge is 0.242 e. The molecule has 0 aromatic heterocycles. The van der Waals surface area contributed by atoms with E-state index in [-0.39, 0.29) is 0 Å². The van der Waals surface area contributed by atoms with Gasteiger partial charge >= 0.3 is 0 Å². The Morgan fingerprint density at radius 2 is 1.05 bits per heavy atom. The van der Waals surface area contributed by atoms with Crippen molar-refractivity contribution in [1.82, 2.24) is 16.0 Å². The van der Waals surface area contributed by atoms with Crippen LogP contribution in [0.1, 0.15) is 85.0 Å². The summed E-state index contributed by atoms with van der Waals surface area (Å²) in [5.41, 5.74) is 7.01. The molecule has 0 aromatic carbocycles. The Balaban J connectivity index is 3.58. The number of hydrazine groups is 2. The van der Waals surface area contributed by atoms with Crippen molar-refractivity contribution in [2.45, 2.75) is 85.0 Å². The maximum atomic E-state index is 3.50. The van der Waals surface area contributed by atoms with Crippen molar-refractivity contribution in [2.75, 3.05) is 19.6 Å². The van der Waals surface area contributed by atoms with Crippen molar-refractivity contribution in [1.29, 1.82) is 0 Å². The lowest BCUT2D eigenvalue weighted by Crippen LogP contribution is -2.49. The first kappa shape index (κ1) is 18.9. The van der Waals surface area contributed by atoms with E-state index in [1.165, 1.54) is 64.2 Å².